The van der Waals surface area contributed by atoms with Crippen LogP contribution in [0.5, 0.6) is 0 Å². The van der Waals surface area contributed by atoms with Gasteiger partial charge in [0.25, 0.3) is 0 Å². The van der Waals surface area contributed by atoms with Crippen LogP contribution in [0.1, 0.15) is 38.5 Å². The minimum Gasteiger partial charge on any atom is -0.377 e. The third-order valence-electron chi connectivity index (χ3n) is 3.88. The van der Waals surface area contributed by atoms with Gasteiger partial charge in [0.05, 0.1) is 5.60 Å². The molecule has 3 heteroatoms. The molecule has 0 spiro atoms. The lowest BCUT2D eigenvalue weighted by atomic mass is 9.80. The van der Waals surface area contributed by atoms with Gasteiger partial charge in [-0.2, -0.15) is 0 Å². The van der Waals surface area contributed by atoms with Crippen molar-refractivity contribution in [3.05, 3.63) is 0 Å². The molecule has 0 aromatic heterocycles. The Balaban J connectivity index is 1.71. The maximum absolute atomic E-state index is 5.87. The van der Waals surface area contributed by atoms with E-state index in [0.717, 1.165) is 13.0 Å². The van der Waals surface area contributed by atoms with Crippen molar-refractivity contribution in [2.75, 3.05) is 13.7 Å². The zero-order valence-corrected chi connectivity index (χ0v) is 9.09. The van der Waals surface area contributed by atoms with Gasteiger partial charge in [-0.25, -0.2) is 0 Å². The van der Waals surface area contributed by atoms with Crippen molar-refractivity contribution >= 4 is 0 Å². The van der Waals surface area contributed by atoms with E-state index in [1.807, 2.05) is 7.11 Å². The highest BCUT2D eigenvalue weighted by molar-refractivity contribution is 4.93. The molecule has 14 heavy (non-hydrogen) atoms. The number of ether oxygens (including phenoxy) is 1. The first-order valence-electron chi connectivity index (χ1n) is 5.78. The smallest absolute Gasteiger partial charge is 0.0802 e. The summed E-state index contributed by atoms with van der Waals surface area (Å²) in [5.74, 6) is 0. The van der Waals surface area contributed by atoms with Crippen LogP contribution in [0.15, 0.2) is 0 Å². The Bertz CT molecular complexity index is 186. The van der Waals surface area contributed by atoms with Gasteiger partial charge < -0.3 is 15.8 Å². The van der Waals surface area contributed by atoms with E-state index in [0.29, 0.717) is 12.1 Å². The number of nitrogens with two attached hydrogens (primary N) is 1. The summed E-state index contributed by atoms with van der Waals surface area (Å²) in [4.78, 5) is 0. The third kappa shape index (κ3) is 2.10. The van der Waals surface area contributed by atoms with Gasteiger partial charge in [-0.05, 0) is 38.5 Å². The van der Waals surface area contributed by atoms with Crippen molar-refractivity contribution < 1.29 is 4.74 Å². The molecule has 2 rings (SSSR count). The Morgan fingerprint density at radius 2 is 2.21 bits per heavy atom. The Labute approximate surface area is 86.4 Å². The van der Waals surface area contributed by atoms with Crippen LogP contribution in [0.4, 0.5) is 0 Å². The van der Waals surface area contributed by atoms with Gasteiger partial charge in [0.2, 0.25) is 0 Å². The van der Waals surface area contributed by atoms with Crippen LogP contribution in [0.25, 0.3) is 0 Å². The molecule has 82 valence electrons. The second-order valence-electron chi connectivity index (χ2n) is 4.89. The van der Waals surface area contributed by atoms with Crippen molar-refractivity contribution in [1.29, 1.82) is 0 Å². The van der Waals surface area contributed by atoms with Crippen molar-refractivity contribution in [3.63, 3.8) is 0 Å². The largest absolute Gasteiger partial charge is 0.377 e. The highest BCUT2D eigenvalue weighted by atomic mass is 16.5. The van der Waals surface area contributed by atoms with E-state index in [9.17, 15) is 0 Å². The quantitative estimate of drug-likeness (QED) is 0.709. The summed E-state index contributed by atoms with van der Waals surface area (Å²) in [6.07, 6.45) is 7.31. The topological polar surface area (TPSA) is 47.3 Å². The summed E-state index contributed by atoms with van der Waals surface area (Å²) in [5.41, 5.74) is 6.03. The van der Waals surface area contributed by atoms with E-state index < -0.39 is 0 Å². The van der Waals surface area contributed by atoms with Gasteiger partial charge >= 0.3 is 0 Å². The van der Waals surface area contributed by atoms with E-state index in [1.54, 1.807) is 0 Å². The van der Waals surface area contributed by atoms with Crippen LogP contribution in [-0.2, 0) is 4.74 Å². The molecular formula is C11H22N2O. The summed E-state index contributed by atoms with van der Waals surface area (Å²) >= 11 is 0. The average molecular weight is 198 g/mol. The minimum absolute atomic E-state index is 0.159. The molecule has 0 saturated heterocycles. The van der Waals surface area contributed by atoms with Crippen LogP contribution >= 0.6 is 0 Å². The highest BCUT2D eigenvalue weighted by Crippen LogP contribution is 2.34. The predicted octanol–water partition coefficient (Wildman–Crippen LogP) is 1.02. The van der Waals surface area contributed by atoms with E-state index in [2.05, 4.69) is 5.32 Å². The normalized spacial score (nSPS) is 35.6. The number of hydrogen-bond acceptors (Lipinski definition) is 3. The second kappa shape index (κ2) is 4.17. The lowest BCUT2D eigenvalue weighted by molar-refractivity contribution is -0.0707. The fourth-order valence-corrected chi connectivity index (χ4v) is 2.56. The fourth-order valence-electron chi connectivity index (χ4n) is 2.56. The Kier molecular flexibility index (Phi) is 3.10. The molecule has 2 aliphatic carbocycles. The van der Waals surface area contributed by atoms with E-state index >= 15 is 0 Å². The first-order chi connectivity index (χ1) is 6.74. The maximum Gasteiger partial charge on any atom is 0.0802 e. The number of hydrogen-bond donors (Lipinski definition) is 2. The molecule has 0 radical (unpaired) electrons. The average Bonchev–Trinajstić information content (AvgIpc) is 2.50. The van der Waals surface area contributed by atoms with Crippen LogP contribution in [0, 0.1) is 0 Å². The van der Waals surface area contributed by atoms with Gasteiger partial charge in [-0.15, -0.1) is 0 Å². The molecule has 2 fully saturated rings. The first kappa shape index (κ1) is 10.4. The van der Waals surface area contributed by atoms with Gasteiger partial charge in [0.15, 0.2) is 0 Å². The van der Waals surface area contributed by atoms with Gasteiger partial charge in [0.1, 0.15) is 0 Å². The Morgan fingerprint density at radius 1 is 1.43 bits per heavy atom. The summed E-state index contributed by atoms with van der Waals surface area (Å²) in [7, 11) is 1.83. The summed E-state index contributed by atoms with van der Waals surface area (Å²) in [6, 6.07) is 1.06. The zero-order valence-electron chi connectivity index (χ0n) is 9.09. The lowest BCUT2D eigenvalue weighted by Crippen LogP contribution is -2.50. The zero-order chi connectivity index (χ0) is 10.0. The predicted molar refractivity (Wildman–Crippen MR) is 57.2 cm³/mol. The molecule has 3 nitrogen and oxygen atoms in total. The summed E-state index contributed by atoms with van der Waals surface area (Å²) < 4.78 is 5.57. The van der Waals surface area contributed by atoms with Crippen molar-refractivity contribution in [2.45, 2.75) is 56.2 Å². The SMILES string of the molecule is COC1(CNC2CCC(N)C2)CCC1. The van der Waals surface area contributed by atoms with Gasteiger partial charge in [0, 0.05) is 25.7 Å². The van der Waals surface area contributed by atoms with Crippen molar-refractivity contribution in [3.8, 4) is 0 Å². The maximum atomic E-state index is 5.87. The monoisotopic (exact) mass is 198 g/mol. The van der Waals surface area contributed by atoms with Crippen LogP contribution in [0.3, 0.4) is 0 Å². The van der Waals surface area contributed by atoms with Crippen LogP contribution in [-0.4, -0.2) is 31.3 Å². The molecule has 3 N–H and O–H groups in total. The number of methoxy groups -OCH3 is 1. The van der Waals surface area contributed by atoms with Gasteiger partial charge in [-0.3, -0.25) is 0 Å². The Morgan fingerprint density at radius 3 is 2.64 bits per heavy atom. The van der Waals surface area contributed by atoms with E-state index in [-0.39, 0.29) is 5.60 Å². The molecule has 2 unspecified atom stereocenters. The molecular weight excluding hydrogens is 176 g/mol. The molecule has 0 amide bonds. The molecule has 2 saturated carbocycles. The molecule has 0 aliphatic heterocycles. The van der Waals surface area contributed by atoms with Crippen molar-refractivity contribution in [2.24, 2.45) is 5.73 Å². The Hall–Kier alpha value is -0.120. The van der Waals surface area contributed by atoms with Gasteiger partial charge in [-0.1, -0.05) is 0 Å². The standard InChI is InChI=1S/C11H22N2O/c1-14-11(5-2-6-11)8-13-10-4-3-9(12)7-10/h9-10,13H,2-8,12H2,1H3. The molecule has 0 heterocycles. The number of rotatable bonds is 4. The van der Waals surface area contributed by atoms with E-state index in [1.165, 1.54) is 32.1 Å². The molecule has 0 bridgehead atoms. The summed E-state index contributed by atoms with van der Waals surface area (Å²) in [5, 5.41) is 3.60. The molecule has 0 aromatic carbocycles. The van der Waals surface area contributed by atoms with Crippen LogP contribution in [0.2, 0.25) is 0 Å². The molecule has 0 aromatic rings. The number of nitrogens with one attached hydrogen (secondary N) is 1. The lowest BCUT2D eigenvalue weighted by Gasteiger charge is -2.41. The molecule has 2 aliphatic rings. The van der Waals surface area contributed by atoms with E-state index in [4.69, 9.17) is 10.5 Å². The fraction of sp³-hybridized carbons (Fsp3) is 1.00. The third-order valence-corrected chi connectivity index (χ3v) is 3.88. The summed E-state index contributed by atoms with van der Waals surface area (Å²) in [6.45, 7) is 1.01. The second-order valence-corrected chi connectivity index (χ2v) is 4.89. The first-order valence-corrected chi connectivity index (χ1v) is 5.78. The van der Waals surface area contributed by atoms with Crippen LogP contribution < -0.4 is 11.1 Å². The highest BCUT2D eigenvalue weighted by Gasteiger charge is 2.37. The minimum atomic E-state index is 0.159. The van der Waals surface area contributed by atoms with Crippen molar-refractivity contribution in [1.82, 2.24) is 5.32 Å². The molecule has 2 atom stereocenters.